The molecule has 2 rings (SSSR count). The number of likely N-dealkylation sites (N-methyl/N-ethyl adjacent to an activating group) is 1. The number of hydrogen-bond acceptors (Lipinski definition) is 4. The molecule has 0 saturated heterocycles. The van der Waals surface area contributed by atoms with Crippen LogP contribution in [0, 0.1) is 5.82 Å². The maximum atomic E-state index is 13.1. The summed E-state index contributed by atoms with van der Waals surface area (Å²) in [5.74, 6) is 0.199. The van der Waals surface area contributed by atoms with Crippen LogP contribution in [0.4, 0.5) is 4.39 Å². The second-order valence-electron chi connectivity index (χ2n) is 5.62. The van der Waals surface area contributed by atoms with Gasteiger partial charge >= 0.3 is 0 Å². The van der Waals surface area contributed by atoms with Crippen LogP contribution in [0.3, 0.4) is 0 Å². The molecule has 0 radical (unpaired) electrons. The zero-order valence-electron chi connectivity index (χ0n) is 14.2. The molecule has 0 fully saturated rings. The van der Waals surface area contributed by atoms with E-state index in [4.69, 9.17) is 9.84 Å². The van der Waals surface area contributed by atoms with Gasteiger partial charge in [0.25, 0.3) is 0 Å². The van der Waals surface area contributed by atoms with Gasteiger partial charge in [-0.25, -0.2) is 4.39 Å². The van der Waals surface area contributed by atoms with E-state index in [1.807, 2.05) is 30.3 Å². The summed E-state index contributed by atoms with van der Waals surface area (Å²) in [7, 11) is 1.54. The second kappa shape index (κ2) is 9.76. The molecule has 1 amide bonds. The Labute approximate surface area is 146 Å². The molecule has 0 saturated carbocycles. The molecule has 0 aromatic heterocycles. The van der Waals surface area contributed by atoms with Gasteiger partial charge in [0.2, 0.25) is 5.91 Å². The van der Waals surface area contributed by atoms with Gasteiger partial charge in [-0.05, 0) is 48.4 Å². The van der Waals surface area contributed by atoms with E-state index in [0.717, 1.165) is 17.5 Å². The smallest absolute Gasteiger partial charge is 0.239 e. The minimum Gasteiger partial charge on any atom is -0.489 e. The van der Waals surface area contributed by atoms with E-state index in [1.54, 1.807) is 6.07 Å². The molecule has 134 valence electrons. The molecular weight excluding hydrogens is 323 g/mol. The van der Waals surface area contributed by atoms with Crippen molar-refractivity contribution >= 4 is 5.91 Å². The lowest BCUT2D eigenvalue weighted by atomic mass is 10.1. The molecular formula is C19H23FN2O3. The average Bonchev–Trinajstić information content (AvgIpc) is 2.64. The number of carbonyl (C=O) groups is 1. The van der Waals surface area contributed by atoms with E-state index >= 15 is 0 Å². The third-order valence-electron chi connectivity index (χ3n) is 3.77. The van der Waals surface area contributed by atoms with Gasteiger partial charge in [0.15, 0.2) is 0 Å². The number of rotatable bonds is 9. The van der Waals surface area contributed by atoms with Crippen molar-refractivity contribution in [3.8, 4) is 5.75 Å². The molecule has 0 spiro atoms. The van der Waals surface area contributed by atoms with Gasteiger partial charge in [-0.3, -0.25) is 4.79 Å². The summed E-state index contributed by atoms with van der Waals surface area (Å²) < 4.78 is 18.8. The van der Waals surface area contributed by atoms with Crippen LogP contribution in [0.1, 0.15) is 11.1 Å². The summed E-state index contributed by atoms with van der Waals surface area (Å²) in [6, 6.07) is 13.3. The van der Waals surface area contributed by atoms with E-state index < -0.39 is 6.04 Å². The minimum absolute atomic E-state index is 0.233. The van der Waals surface area contributed by atoms with Crippen LogP contribution in [-0.4, -0.2) is 37.3 Å². The van der Waals surface area contributed by atoms with Gasteiger partial charge in [0, 0.05) is 7.05 Å². The fourth-order valence-corrected chi connectivity index (χ4v) is 2.35. The molecule has 0 heterocycles. The van der Waals surface area contributed by atoms with E-state index in [-0.39, 0.29) is 18.3 Å². The molecule has 25 heavy (non-hydrogen) atoms. The number of carbonyl (C=O) groups excluding carboxylic acids is 1. The van der Waals surface area contributed by atoms with Crippen LogP contribution in [0.2, 0.25) is 0 Å². The van der Waals surface area contributed by atoms with Crippen molar-refractivity contribution in [3.63, 3.8) is 0 Å². The number of amides is 1. The van der Waals surface area contributed by atoms with Crippen LogP contribution in [0.15, 0.2) is 48.5 Å². The summed E-state index contributed by atoms with van der Waals surface area (Å²) in [5.41, 5.74) is 1.86. The summed E-state index contributed by atoms with van der Waals surface area (Å²) in [6.07, 6.45) is 0.720. The number of benzene rings is 2. The fourth-order valence-electron chi connectivity index (χ4n) is 2.35. The van der Waals surface area contributed by atoms with Gasteiger partial charge in [0.05, 0.1) is 6.61 Å². The predicted octanol–water partition coefficient (Wildman–Crippen LogP) is 1.64. The molecule has 0 bridgehead atoms. The molecule has 1 atom stereocenters. The predicted molar refractivity (Wildman–Crippen MR) is 93.8 cm³/mol. The van der Waals surface area contributed by atoms with Gasteiger partial charge in [0.1, 0.15) is 24.2 Å². The molecule has 6 heteroatoms. The first-order valence-corrected chi connectivity index (χ1v) is 8.14. The Balaban J connectivity index is 1.78. The van der Waals surface area contributed by atoms with E-state index in [1.165, 1.54) is 19.2 Å². The van der Waals surface area contributed by atoms with Crippen molar-refractivity contribution in [1.82, 2.24) is 10.6 Å². The number of aliphatic hydroxyl groups excluding tert-OH is 1. The summed E-state index contributed by atoms with van der Waals surface area (Å²) >= 11 is 0. The molecule has 0 aliphatic heterocycles. The lowest BCUT2D eigenvalue weighted by Crippen LogP contribution is -2.46. The molecule has 2 aromatic carbocycles. The number of halogens is 1. The monoisotopic (exact) mass is 346 g/mol. The quantitative estimate of drug-likeness (QED) is 0.646. The first-order valence-electron chi connectivity index (χ1n) is 8.14. The second-order valence-corrected chi connectivity index (χ2v) is 5.62. The van der Waals surface area contributed by atoms with Crippen LogP contribution in [0.5, 0.6) is 5.75 Å². The van der Waals surface area contributed by atoms with Crippen LogP contribution < -0.4 is 15.4 Å². The van der Waals surface area contributed by atoms with Crippen LogP contribution >= 0.6 is 0 Å². The Morgan fingerprint density at radius 1 is 1.20 bits per heavy atom. The first kappa shape index (κ1) is 18.9. The lowest BCUT2D eigenvalue weighted by molar-refractivity contribution is -0.123. The van der Waals surface area contributed by atoms with Gasteiger partial charge in [-0.15, -0.1) is 0 Å². The van der Waals surface area contributed by atoms with Gasteiger partial charge in [-0.1, -0.05) is 24.3 Å². The highest BCUT2D eigenvalue weighted by Gasteiger charge is 2.14. The van der Waals surface area contributed by atoms with E-state index in [9.17, 15) is 9.18 Å². The SMILES string of the molecule is CNC(=O)[C@H](CO)NCCc1ccc(OCc2cccc(F)c2)cc1. The summed E-state index contributed by atoms with van der Waals surface area (Å²) in [5, 5.41) is 14.7. The zero-order chi connectivity index (χ0) is 18.1. The Morgan fingerprint density at radius 2 is 1.96 bits per heavy atom. The van der Waals surface area contributed by atoms with Crippen molar-refractivity contribution in [2.24, 2.45) is 0 Å². The Kier molecular flexibility index (Phi) is 7.37. The minimum atomic E-state index is -0.598. The number of aliphatic hydroxyl groups is 1. The highest BCUT2D eigenvalue weighted by molar-refractivity contribution is 5.81. The average molecular weight is 346 g/mol. The Bertz CT molecular complexity index is 677. The normalized spacial score (nSPS) is 11.8. The van der Waals surface area contributed by atoms with Crippen LogP contribution in [-0.2, 0) is 17.8 Å². The number of nitrogens with one attached hydrogen (secondary N) is 2. The maximum Gasteiger partial charge on any atom is 0.239 e. The zero-order valence-corrected chi connectivity index (χ0v) is 14.2. The fraction of sp³-hybridized carbons (Fsp3) is 0.316. The topological polar surface area (TPSA) is 70.6 Å². The summed E-state index contributed by atoms with van der Waals surface area (Å²) in [6.45, 7) is 0.637. The standard InChI is InChI=1S/C19H23FN2O3/c1-21-19(24)18(12-23)22-10-9-14-5-7-17(8-6-14)25-13-15-3-2-4-16(20)11-15/h2-8,11,18,22-23H,9-10,12-13H2,1H3,(H,21,24)/t18-/m0/s1. The van der Waals surface area contributed by atoms with Gasteiger partial charge in [-0.2, -0.15) is 0 Å². The largest absolute Gasteiger partial charge is 0.489 e. The van der Waals surface area contributed by atoms with E-state index in [0.29, 0.717) is 18.9 Å². The van der Waals surface area contributed by atoms with E-state index in [2.05, 4.69) is 10.6 Å². The maximum absolute atomic E-state index is 13.1. The molecule has 0 unspecified atom stereocenters. The Morgan fingerprint density at radius 3 is 2.60 bits per heavy atom. The Hall–Kier alpha value is -2.44. The molecule has 2 aromatic rings. The third-order valence-corrected chi connectivity index (χ3v) is 3.77. The highest BCUT2D eigenvalue weighted by atomic mass is 19.1. The third kappa shape index (κ3) is 6.17. The molecule has 3 N–H and O–H groups in total. The highest BCUT2D eigenvalue weighted by Crippen LogP contribution is 2.15. The number of ether oxygens (including phenoxy) is 1. The van der Waals surface area contributed by atoms with Crippen molar-refractivity contribution in [2.45, 2.75) is 19.1 Å². The van der Waals surface area contributed by atoms with Crippen molar-refractivity contribution in [1.29, 1.82) is 0 Å². The summed E-state index contributed by atoms with van der Waals surface area (Å²) in [4.78, 5) is 11.5. The van der Waals surface area contributed by atoms with Crippen LogP contribution in [0.25, 0.3) is 0 Å². The first-order chi connectivity index (χ1) is 12.1. The molecule has 0 aliphatic carbocycles. The van der Waals surface area contributed by atoms with Crippen molar-refractivity contribution < 1.29 is 19.0 Å². The van der Waals surface area contributed by atoms with Crippen molar-refractivity contribution in [3.05, 3.63) is 65.5 Å². The number of hydrogen-bond donors (Lipinski definition) is 3. The molecule has 0 aliphatic rings. The molecule has 5 nitrogen and oxygen atoms in total. The van der Waals surface area contributed by atoms with Crippen molar-refractivity contribution in [2.75, 3.05) is 20.2 Å². The van der Waals surface area contributed by atoms with Gasteiger partial charge < -0.3 is 20.5 Å². The lowest BCUT2D eigenvalue weighted by Gasteiger charge is -2.14.